The van der Waals surface area contributed by atoms with Gasteiger partial charge in [-0.15, -0.1) is 0 Å². The van der Waals surface area contributed by atoms with E-state index < -0.39 is 8.64 Å². The van der Waals surface area contributed by atoms with E-state index in [2.05, 4.69) is 58.1 Å². The molecule has 14 heavy (non-hydrogen) atoms. The zero-order valence-electron chi connectivity index (χ0n) is 10.9. The molecule has 0 aliphatic heterocycles. The van der Waals surface area contributed by atoms with Gasteiger partial charge in [0.2, 0.25) is 0 Å². The molecule has 0 aliphatic rings. The van der Waals surface area contributed by atoms with E-state index >= 15 is 0 Å². The Morgan fingerprint density at radius 1 is 0.857 bits per heavy atom. The fraction of sp³-hybridized carbons (Fsp3) is 1.00. The van der Waals surface area contributed by atoms with Crippen LogP contribution in [0.3, 0.4) is 0 Å². The van der Waals surface area contributed by atoms with Gasteiger partial charge in [0, 0.05) is 18.2 Å². The van der Waals surface area contributed by atoms with E-state index in [1.165, 1.54) is 0 Å². The summed E-state index contributed by atoms with van der Waals surface area (Å²) in [6, 6.07) is 0. The first kappa shape index (κ1) is 14.1. The van der Waals surface area contributed by atoms with Gasteiger partial charge in [0.05, 0.1) is 0 Å². The molecule has 0 amide bonds. The maximum Gasteiger partial charge on any atom is 0.349 e. The zero-order valence-corrected chi connectivity index (χ0v) is 11.9. The molecule has 3 nitrogen and oxygen atoms in total. The van der Waals surface area contributed by atoms with Crippen molar-refractivity contribution in [3.63, 3.8) is 0 Å². The van der Waals surface area contributed by atoms with Crippen LogP contribution >= 0.6 is 0 Å². The monoisotopic (exact) mass is 218 g/mol. The lowest BCUT2D eigenvalue weighted by molar-refractivity contribution is 0.318. The Kier molecular flexibility index (Phi) is 4.34. The van der Waals surface area contributed by atoms with Gasteiger partial charge in [0.15, 0.2) is 0 Å². The van der Waals surface area contributed by atoms with Crippen molar-refractivity contribution in [1.29, 1.82) is 0 Å². The van der Waals surface area contributed by atoms with Crippen LogP contribution in [0.15, 0.2) is 0 Å². The van der Waals surface area contributed by atoms with Crippen molar-refractivity contribution in [3.05, 3.63) is 0 Å². The second kappa shape index (κ2) is 4.31. The summed E-state index contributed by atoms with van der Waals surface area (Å²) in [5, 5.41) is 0. The van der Waals surface area contributed by atoms with E-state index in [1.807, 2.05) is 0 Å². The first-order chi connectivity index (χ1) is 5.97. The SMILES string of the molecule is CO[Si](C)(NC(C)(C)C)NC(C)(C)C. The molecule has 0 fully saturated rings. The molecule has 0 unspecified atom stereocenters. The number of rotatable bonds is 3. The molecule has 0 aromatic rings. The lowest BCUT2D eigenvalue weighted by Crippen LogP contribution is -2.70. The third kappa shape index (κ3) is 6.54. The van der Waals surface area contributed by atoms with Crippen LogP contribution in [0, 0.1) is 0 Å². The van der Waals surface area contributed by atoms with Gasteiger partial charge in [-0.25, -0.2) is 0 Å². The molecular formula is C10H26N2OSi. The second-order valence-electron chi connectivity index (χ2n) is 5.99. The van der Waals surface area contributed by atoms with E-state index in [4.69, 9.17) is 4.43 Å². The number of hydrogen-bond donors (Lipinski definition) is 2. The molecule has 0 saturated carbocycles. The van der Waals surface area contributed by atoms with Gasteiger partial charge in [0.25, 0.3) is 0 Å². The molecular weight excluding hydrogens is 192 g/mol. The van der Waals surface area contributed by atoms with Crippen molar-refractivity contribution in [2.75, 3.05) is 7.11 Å². The van der Waals surface area contributed by atoms with Crippen LogP contribution in [-0.2, 0) is 4.43 Å². The summed E-state index contributed by atoms with van der Waals surface area (Å²) in [5.74, 6) is 0. The normalized spacial score (nSPS) is 14.6. The number of hydrogen-bond acceptors (Lipinski definition) is 3. The fourth-order valence-corrected chi connectivity index (χ4v) is 4.69. The summed E-state index contributed by atoms with van der Waals surface area (Å²) in [4.78, 5) is 7.09. The lowest BCUT2D eigenvalue weighted by atomic mass is 10.1. The van der Waals surface area contributed by atoms with Crippen molar-refractivity contribution in [2.24, 2.45) is 0 Å². The molecule has 0 spiro atoms. The van der Waals surface area contributed by atoms with Gasteiger partial charge < -0.3 is 4.43 Å². The van der Waals surface area contributed by atoms with Crippen LogP contribution in [0.1, 0.15) is 41.5 Å². The Balaban J connectivity index is 4.49. The van der Waals surface area contributed by atoms with Crippen LogP contribution < -0.4 is 9.96 Å². The Bertz CT molecular complexity index is 166. The van der Waals surface area contributed by atoms with Crippen LogP contribution in [0.5, 0.6) is 0 Å². The number of nitrogens with one attached hydrogen (secondary N) is 2. The van der Waals surface area contributed by atoms with Crippen LogP contribution in [0.2, 0.25) is 6.55 Å². The van der Waals surface area contributed by atoms with Gasteiger partial charge >= 0.3 is 8.64 Å². The first-order valence-corrected chi connectivity index (χ1v) is 7.52. The lowest BCUT2D eigenvalue weighted by Gasteiger charge is -2.39. The molecule has 0 radical (unpaired) electrons. The highest BCUT2D eigenvalue weighted by molar-refractivity contribution is 6.67. The summed E-state index contributed by atoms with van der Waals surface area (Å²) in [7, 11) is -0.227. The maximum atomic E-state index is 5.61. The second-order valence-corrected chi connectivity index (χ2v) is 8.96. The minimum absolute atomic E-state index is 0.0786. The molecule has 0 bridgehead atoms. The summed E-state index contributed by atoms with van der Waals surface area (Å²) < 4.78 is 5.61. The van der Waals surface area contributed by atoms with Gasteiger partial charge in [-0.2, -0.15) is 0 Å². The Hall–Kier alpha value is 0.0969. The van der Waals surface area contributed by atoms with E-state index in [-0.39, 0.29) is 11.1 Å². The van der Waals surface area contributed by atoms with Gasteiger partial charge in [0.1, 0.15) is 0 Å². The van der Waals surface area contributed by atoms with Crippen molar-refractivity contribution in [1.82, 2.24) is 9.96 Å². The molecule has 0 aromatic carbocycles. The van der Waals surface area contributed by atoms with Crippen molar-refractivity contribution in [2.45, 2.75) is 59.2 Å². The first-order valence-electron chi connectivity index (χ1n) is 5.11. The van der Waals surface area contributed by atoms with Gasteiger partial charge in [-0.1, -0.05) is 0 Å². The molecule has 4 heteroatoms. The Morgan fingerprint density at radius 2 is 1.14 bits per heavy atom. The van der Waals surface area contributed by atoms with E-state index in [0.29, 0.717) is 0 Å². The molecule has 0 saturated heterocycles. The average Bonchev–Trinajstić information content (AvgIpc) is 1.78. The van der Waals surface area contributed by atoms with E-state index in [9.17, 15) is 0 Å². The van der Waals surface area contributed by atoms with Crippen LogP contribution in [0.25, 0.3) is 0 Å². The molecule has 86 valence electrons. The molecule has 0 rings (SSSR count). The summed E-state index contributed by atoms with van der Waals surface area (Å²) in [6.45, 7) is 15.1. The van der Waals surface area contributed by atoms with E-state index in [0.717, 1.165) is 0 Å². The van der Waals surface area contributed by atoms with Crippen molar-refractivity contribution < 1.29 is 4.43 Å². The summed E-state index contributed by atoms with van der Waals surface area (Å²) in [5.41, 5.74) is 0.157. The summed E-state index contributed by atoms with van der Waals surface area (Å²) in [6.07, 6.45) is 0. The maximum absolute atomic E-state index is 5.61. The van der Waals surface area contributed by atoms with Crippen LogP contribution in [-0.4, -0.2) is 26.8 Å². The Morgan fingerprint density at radius 3 is 1.29 bits per heavy atom. The molecule has 0 aliphatic carbocycles. The minimum atomic E-state index is -1.99. The van der Waals surface area contributed by atoms with E-state index in [1.54, 1.807) is 7.11 Å². The topological polar surface area (TPSA) is 33.3 Å². The van der Waals surface area contributed by atoms with Crippen molar-refractivity contribution in [3.8, 4) is 0 Å². The van der Waals surface area contributed by atoms with Crippen LogP contribution in [0.4, 0.5) is 0 Å². The predicted molar refractivity (Wildman–Crippen MR) is 64.4 cm³/mol. The quantitative estimate of drug-likeness (QED) is 0.711. The zero-order chi connectivity index (χ0) is 11.6. The summed E-state index contributed by atoms with van der Waals surface area (Å²) >= 11 is 0. The predicted octanol–water partition coefficient (Wildman–Crippen LogP) is 1.98. The van der Waals surface area contributed by atoms with Gasteiger partial charge in [-0.3, -0.25) is 9.96 Å². The molecule has 0 aromatic heterocycles. The van der Waals surface area contributed by atoms with Gasteiger partial charge in [-0.05, 0) is 48.1 Å². The fourth-order valence-electron chi connectivity index (χ4n) is 1.56. The molecule has 0 atom stereocenters. The highest BCUT2D eigenvalue weighted by Gasteiger charge is 2.36. The van der Waals surface area contributed by atoms with Crippen molar-refractivity contribution >= 4 is 8.64 Å². The highest BCUT2D eigenvalue weighted by Crippen LogP contribution is 2.10. The third-order valence-corrected chi connectivity index (χ3v) is 4.91. The molecule has 2 N–H and O–H groups in total. The Labute approximate surface area is 89.9 Å². The largest absolute Gasteiger partial charge is 0.395 e. The third-order valence-electron chi connectivity index (χ3n) is 1.64. The average molecular weight is 218 g/mol. The minimum Gasteiger partial charge on any atom is -0.395 e. The highest BCUT2D eigenvalue weighted by atomic mass is 28.4. The molecule has 0 heterocycles. The smallest absolute Gasteiger partial charge is 0.349 e. The standard InChI is InChI=1S/C10H26N2OSi/c1-9(2,3)11-14(8,13-7)12-10(4,5)6/h11-12H,1-8H3.